The lowest BCUT2D eigenvalue weighted by Gasteiger charge is -2.34. The molecule has 0 aromatic carbocycles. The van der Waals surface area contributed by atoms with E-state index in [1.807, 2.05) is 0 Å². The van der Waals surface area contributed by atoms with E-state index >= 15 is 0 Å². The number of H-pyrrole nitrogens is 1. The monoisotopic (exact) mass is 586 g/mol. The number of imidazole rings is 1. The Morgan fingerprint density at radius 2 is 2.05 bits per heavy atom. The molecule has 0 saturated carbocycles. The average Bonchev–Trinajstić information content (AvgIpc) is 3.58. The summed E-state index contributed by atoms with van der Waals surface area (Å²) < 4.78 is 30.5. The van der Waals surface area contributed by atoms with Crippen molar-refractivity contribution in [1.29, 1.82) is 0 Å². The van der Waals surface area contributed by atoms with E-state index in [0.29, 0.717) is 11.2 Å². The Morgan fingerprint density at radius 1 is 1.26 bits per heavy atom. The minimum Gasteiger partial charge on any atom is -0.780 e. The SMILES string of the molecule is COC1C(OP([O-])(=S)OCC2OC(n3cnc4c(N)ncnc43)CC2O)C(CO)OC1n1ccc(=O)[nH]c1=O. The van der Waals surface area contributed by atoms with Crippen LogP contribution in [0.25, 0.3) is 11.2 Å². The maximum atomic E-state index is 13.1. The van der Waals surface area contributed by atoms with Gasteiger partial charge in [-0.2, -0.15) is 0 Å². The third kappa shape index (κ3) is 5.53. The van der Waals surface area contributed by atoms with Crippen LogP contribution in [0.4, 0.5) is 5.82 Å². The predicted octanol–water partition coefficient (Wildman–Crippen LogP) is -2.50. The Labute approximate surface area is 224 Å². The molecule has 8 unspecified atom stereocenters. The molecule has 5 heterocycles. The van der Waals surface area contributed by atoms with Crippen LogP contribution >= 0.6 is 6.72 Å². The zero-order chi connectivity index (χ0) is 27.9. The lowest BCUT2D eigenvalue weighted by molar-refractivity contribution is -0.218. The minimum absolute atomic E-state index is 0.149. The number of nitrogen functional groups attached to an aromatic ring is 1. The second-order valence-electron chi connectivity index (χ2n) is 8.79. The quantitative estimate of drug-likeness (QED) is 0.190. The van der Waals surface area contributed by atoms with Crippen LogP contribution in [0.5, 0.6) is 0 Å². The maximum absolute atomic E-state index is 13.1. The largest absolute Gasteiger partial charge is 0.780 e. The van der Waals surface area contributed by atoms with Crippen molar-refractivity contribution in [3.8, 4) is 0 Å². The number of aliphatic hydroxyl groups is 2. The molecule has 3 aromatic rings. The highest BCUT2D eigenvalue weighted by atomic mass is 32.5. The Balaban J connectivity index is 1.26. The zero-order valence-corrected chi connectivity index (χ0v) is 22.0. The summed E-state index contributed by atoms with van der Waals surface area (Å²) in [5.41, 5.74) is 5.21. The number of nitrogens with zero attached hydrogens (tertiary/aromatic N) is 5. The first-order valence-electron chi connectivity index (χ1n) is 11.6. The van der Waals surface area contributed by atoms with Crippen molar-refractivity contribution in [1.82, 2.24) is 29.1 Å². The molecule has 0 radical (unpaired) electrons. The van der Waals surface area contributed by atoms with Gasteiger partial charge in [0.15, 0.2) is 17.7 Å². The lowest BCUT2D eigenvalue weighted by atomic mass is 10.1. The van der Waals surface area contributed by atoms with Crippen LogP contribution in [-0.2, 0) is 35.1 Å². The number of nitrogens with one attached hydrogen (secondary N) is 1. The highest BCUT2D eigenvalue weighted by Gasteiger charge is 2.48. The third-order valence-electron chi connectivity index (χ3n) is 6.41. The zero-order valence-electron chi connectivity index (χ0n) is 20.3. The molecule has 0 aliphatic carbocycles. The van der Waals surface area contributed by atoms with Crippen LogP contribution in [0.15, 0.2) is 34.5 Å². The van der Waals surface area contributed by atoms with Gasteiger partial charge in [-0.15, -0.1) is 0 Å². The van der Waals surface area contributed by atoms with Crippen molar-refractivity contribution < 1.29 is 38.4 Å². The Morgan fingerprint density at radius 3 is 2.77 bits per heavy atom. The van der Waals surface area contributed by atoms with Crippen LogP contribution in [0.3, 0.4) is 0 Å². The molecule has 3 aromatic heterocycles. The molecule has 2 aliphatic rings. The first-order chi connectivity index (χ1) is 18.6. The fourth-order valence-electron chi connectivity index (χ4n) is 4.55. The number of methoxy groups -OCH3 is 1. The molecule has 2 saturated heterocycles. The molecule has 5 rings (SSSR count). The van der Waals surface area contributed by atoms with Crippen LogP contribution in [0.2, 0.25) is 0 Å². The molecule has 8 atom stereocenters. The first-order valence-corrected chi connectivity index (χ1v) is 14.2. The van der Waals surface area contributed by atoms with Gasteiger partial charge in [0, 0.05) is 25.8 Å². The molecule has 2 aliphatic heterocycles. The molecule has 5 N–H and O–H groups in total. The number of fused-ring (bicyclic) bond motifs is 1. The molecule has 2 fully saturated rings. The van der Waals surface area contributed by atoms with Gasteiger partial charge in [0.05, 0.1) is 25.6 Å². The van der Waals surface area contributed by atoms with E-state index in [4.69, 9.17) is 40.8 Å². The van der Waals surface area contributed by atoms with Gasteiger partial charge in [-0.3, -0.25) is 18.9 Å². The van der Waals surface area contributed by atoms with Crippen LogP contribution in [0, 0.1) is 0 Å². The van der Waals surface area contributed by atoms with Gasteiger partial charge in [-0.1, -0.05) is 11.8 Å². The summed E-state index contributed by atoms with van der Waals surface area (Å²) >= 11 is 5.06. The van der Waals surface area contributed by atoms with E-state index in [0.717, 1.165) is 10.6 Å². The van der Waals surface area contributed by atoms with Crippen LogP contribution in [-0.4, -0.2) is 90.1 Å². The summed E-state index contributed by atoms with van der Waals surface area (Å²) in [7, 11) is 1.30. The summed E-state index contributed by atoms with van der Waals surface area (Å²) in [6.45, 7) is -5.24. The smallest absolute Gasteiger partial charge is 0.330 e. The molecular weight excluding hydrogens is 561 g/mol. The van der Waals surface area contributed by atoms with Crippen molar-refractivity contribution in [3.63, 3.8) is 0 Å². The fourth-order valence-corrected chi connectivity index (χ4v) is 5.97. The first kappa shape index (κ1) is 27.9. The molecule has 39 heavy (non-hydrogen) atoms. The number of anilines is 1. The van der Waals surface area contributed by atoms with Gasteiger partial charge in [-0.05, 0) is 0 Å². The number of aromatic amines is 1. The molecule has 212 valence electrons. The van der Waals surface area contributed by atoms with Gasteiger partial charge in [0.1, 0.15) is 49.2 Å². The number of aromatic nitrogens is 6. The van der Waals surface area contributed by atoms with Gasteiger partial charge in [0.25, 0.3) is 5.56 Å². The van der Waals surface area contributed by atoms with Gasteiger partial charge < -0.3 is 44.1 Å². The number of aliphatic hydroxyl groups excluding tert-OH is 2. The van der Waals surface area contributed by atoms with Crippen molar-refractivity contribution in [2.45, 2.75) is 49.4 Å². The topological polar surface area (TPSA) is 234 Å². The van der Waals surface area contributed by atoms with Crippen molar-refractivity contribution in [3.05, 3.63) is 45.8 Å². The predicted molar refractivity (Wildman–Crippen MR) is 132 cm³/mol. The average molecular weight is 587 g/mol. The highest BCUT2D eigenvalue weighted by molar-refractivity contribution is 8.06. The van der Waals surface area contributed by atoms with E-state index in [-0.39, 0.29) is 18.8 Å². The highest BCUT2D eigenvalue weighted by Crippen LogP contribution is 2.46. The standard InChI is InChI=1S/C20H26N7O10PS/c1-33-16-15(10(5-28)36-19(16)26-3-2-12(30)25-20(26)31)37-38(32,39)34-6-11-9(29)4-13(35-11)27-8-24-14-17(21)22-7-23-18(14)27/h2-3,7-11,13,15-16,19,28-29H,4-6H2,1H3,(H,32,39)(H2,21,22,23)(H,25,30,31)/p-1. The summed E-state index contributed by atoms with van der Waals surface area (Å²) in [6, 6.07) is 1.11. The van der Waals surface area contributed by atoms with E-state index in [1.54, 1.807) is 4.57 Å². The van der Waals surface area contributed by atoms with Gasteiger partial charge in [0.2, 0.25) is 0 Å². The Kier molecular flexibility index (Phi) is 7.93. The van der Waals surface area contributed by atoms with E-state index in [1.165, 1.54) is 26.0 Å². The summed E-state index contributed by atoms with van der Waals surface area (Å²) in [5, 5.41) is 20.4. The van der Waals surface area contributed by atoms with Crippen molar-refractivity contribution in [2.24, 2.45) is 0 Å². The molecule has 19 heteroatoms. The summed E-state index contributed by atoms with van der Waals surface area (Å²) in [4.78, 5) is 51.1. The normalized spacial score (nSPS) is 30.6. The molecule has 0 amide bonds. The van der Waals surface area contributed by atoms with E-state index in [9.17, 15) is 24.7 Å². The second-order valence-corrected chi connectivity index (χ2v) is 11.5. The Hall–Kier alpha value is -2.64. The maximum Gasteiger partial charge on any atom is 0.330 e. The van der Waals surface area contributed by atoms with Crippen molar-refractivity contribution in [2.75, 3.05) is 26.1 Å². The minimum atomic E-state index is -4.27. The molecule has 0 bridgehead atoms. The van der Waals surface area contributed by atoms with E-state index < -0.39 is 67.6 Å². The number of hydrogen-bond donors (Lipinski definition) is 4. The number of nitrogens with two attached hydrogens (primary N) is 1. The second kappa shape index (κ2) is 11.1. The number of ether oxygens (including phenoxy) is 3. The van der Waals surface area contributed by atoms with Gasteiger partial charge >= 0.3 is 5.69 Å². The fraction of sp³-hybridized carbons (Fsp3) is 0.550. The Bertz CT molecular complexity index is 1500. The third-order valence-corrected chi connectivity index (χ3v) is 7.95. The molecular formula is C20H25N7O10PS-. The number of hydrogen-bond acceptors (Lipinski definition) is 15. The summed E-state index contributed by atoms with van der Waals surface area (Å²) in [6.07, 6.45) is -3.03. The van der Waals surface area contributed by atoms with Crippen molar-refractivity contribution >= 4 is 35.5 Å². The van der Waals surface area contributed by atoms with E-state index in [2.05, 4.69) is 19.9 Å². The number of rotatable bonds is 9. The van der Waals surface area contributed by atoms with Crippen LogP contribution < -0.4 is 21.9 Å². The van der Waals surface area contributed by atoms with Gasteiger partial charge in [-0.25, -0.2) is 19.7 Å². The molecule has 0 spiro atoms. The lowest BCUT2D eigenvalue weighted by Crippen LogP contribution is -2.40. The van der Waals surface area contributed by atoms with Crippen LogP contribution in [0.1, 0.15) is 18.9 Å². The summed E-state index contributed by atoms with van der Waals surface area (Å²) in [5.74, 6) is 0.195. The molecule has 17 nitrogen and oxygen atoms in total.